The maximum atomic E-state index is 5.63. The molecular formula is C10H24Cl2N2. The van der Waals surface area contributed by atoms with E-state index in [-0.39, 0.29) is 24.8 Å². The van der Waals surface area contributed by atoms with Crippen LogP contribution in [0.1, 0.15) is 26.7 Å². The highest BCUT2D eigenvalue weighted by Gasteiger charge is 2.17. The third-order valence-electron chi connectivity index (χ3n) is 2.66. The Labute approximate surface area is 100 Å². The summed E-state index contributed by atoms with van der Waals surface area (Å²) in [6.07, 6.45) is 2.62. The van der Waals surface area contributed by atoms with Gasteiger partial charge < -0.3 is 10.6 Å². The predicted molar refractivity (Wildman–Crippen MR) is 67.6 cm³/mol. The molecule has 0 aliphatic carbocycles. The molecule has 88 valence electrons. The molecule has 0 spiro atoms. The molecule has 0 unspecified atom stereocenters. The van der Waals surface area contributed by atoms with Gasteiger partial charge in [0.15, 0.2) is 0 Å². The minimum Gasteiger partial charge on any atom is -0.330 e. The fourth-order valence-electron chi connectivity index (χ4n) is 1.92. The SMILES string of the molecule is CC(C)CN1CCC(CN)CC1.Cl.Cl. The summed E-state index contributed by atoms with van der Waals surface area (Å²) in [6.45, 7) is 9.25. The highest BCUT2D eigenvalue weighted by Crippen LogP contribution is 2.16. The molecule has 0 aromatic carbocycles. The lowest BCUT2D eigenvalue weighted by molar-refractivity contribution is 0.171. The molecule has 0 bridgehead atoms. The molecule has 0 radical (unpaired) electrons. The number of nitrogens with zero attached hydrogens (tertiary/aromatic N) is 1. The number of hydrogen-bond acceptors (Lipinski definition) is 2. The standard InChI is InChI=1S/C10H22N2.2ClH/c1-9(2)8-12-5-3-10(7-11)4-6-12;;/h9-10H,3-8,11H2,1-2H3;2*1H. The van der Waals surface area contributed by atoms with Crippen LogP contribution in [0.15, 0.2) is 0 Å². The monoisotopic (exact) mass is 242 g/mol. The summed E-state index contributed by atoms with van der Waals surface area (Å²) in [7, 11) is 0. The van der Waals surface area contributed by atoms with Crippen LogP contribution in [0.5, 0.6) is 0 Å². The van der Waals surface area contributed by atoms with Crippen LogP contribution in [-0.2, 0) is 0 Å². The van der Waals surface area contributed by atoms with Crippen LogP contribution in [0.2, 0.25) is 0 Å². The molecule has 1 rings (SSSR count). The summed E-state index contributed by atoms with van der Waals surface area (Å²) in [6, 6.07) is 0. The minimum absolute atomic E-state index is 0. The molecule has 0 saturated carbocycles. The fourth-order valence-corrected chi connectivity index (χ4v) is 1.92. The van der Waals surface area contributed by atoms with Gasteiger partial charge in [-0.1, -0.05) is 13.8 Å². The number of nitrogens with two attached hydrogens (primary N) is 1. The normalized spacial score (nSPS) is 18.9. The van der Waals surface area contributed by atoms with Gasteiger partial charge in [-0.25, -0.2) is 0 Å². The fraction of sp³-hybridized carbons (Fsp3) is 1.00. The molecule has 2 nitrogen and oxygen atoms in total. The molecule has 4 heteroatoms. The van der Waals surface area contributed by atoms with Gasteiger partial charge in [0.25, 0.3) is 0 Å². The van der Waals surface area contributed by atoms with E-state index in [1.54, 1.807) is 0 Å². The molecule has 1 fully saturated rings. The summed E-state index contributed by atoms with van der Waals surface area (Å²) in [4.78, 5) is 2.57. The molecule has 0 aromatic rings. The van der Waals surface area contributed by atoms with Crippen LogP contribution in [0, 0.1) is 11.8 Å². The maximum absolute atomic E-state index is 5.63. The van der Waals surface area contributed by atoms with Gasteiger partial charge in [0, 0.05) is 6.54 Å². The maximum Gasteiger partial charge on any atom is 0.000439 e. The second kappa shape index (κ2) is 8.78. The average Bonchev–Trinajstić information content (AvgIpc) is 2.05. The number of halogens is 2. The smallest absolute Gasteiger partial charge is 0.000439 e. The number of likely N-dealkylation sites (tertiary alicyclic amines) is 1. The lowest BCUT2D eigenvalue weighted by atomic mass is 9.96. The zero-order valence-corrected chi connectivity index (χ0v) is 10.9. The molecule has 1 heterocycles. The Balaban J connectivity index is 0. The Kier molecular flexibility index (Phi) is 10.6. The molecule has 14 heavy (non-hydrogen) atoms. The molecular weight excluding hydrogens is 219 g/mol. The first-order valence-corrected chi connectivity index (χ1v) is 5.14. The van der Waals surface area contributed by atoms with E-state index in [2.05, 4.69) is 18.7 Å². The van der Waals surface area contributed by atoms with E-state index in [1.807, 2.05) is 0 Å². The van der Waals surface area contributed by atoms with Gasteiger partial charge in [-0.3, -0.25) is 0 Å². The lowest BCUT2D eigenvalue weighted by Gasteiger charge is -2.32. The van der Waals surface area contributed by atoms with Crippen molar-refractivity contribution in [3.63, 3.8) is 0 Å². The van der Waals surface area contributed by atoms with Crippen molar-refractivity contribution < 1.29 is 0 Å². The summed E-state index contributed by atoms with van der Waals surface area (Å²) in [5.74, 6) is 1.60. The van der Waals surface area contributed by atoms with Crippen LogP contribution in [0.4, 0.5) is 0 Å². The number of rotatable bonds is 3. The Bertz CT molecular complexity index is 123. The molecule has 2 N–H and O–H groups in total. The van der Waals surface area contributed by atoms with E-state index in [9.17, 15) is 0 Å². The topological polar surface area (TPSA) is 29.3 Å². The third kappa shape index (κ3) is 6.07. The quantitative estimate of drug-likeness (QED) is 0.823. The zero-order valence-electron chi connectivity index (χ0n) is 9.24. The number of piperidine rings is 1. The Morgan fingerprint density at radius 3 is 2.07 bits per heavy atom. The molecule has 0 aromatic heterocycles. The lowest BCUT2D eigenvalue weighted by Crippen LogP contribution is -2.37. The second-order valence-electron chi connectivity index (χ2n) is 4.37. The summed E-state index contributed by atoms with van der Waals surface area (Å²) in [5, 5.41) is 0. The van der Waals surface area contributed by atoms with Gasteiger partial charge in [0.05, 0.1) is 0 Å². The largest absolute Gasteiger partial charge is 0.330 e. The molecule has 0 amide bonds. The van der Waals surface area contributed by atoms with E-state index in [0.29, 0.717) is 0 Å². The molecule has 1 aliphatic heterocycles. The minimum atomic E-state index is 0. The first-order valence-electron chi connectivity index (χ1n) is 5.14. The van der Waals surface area contributed by atoms with Crippen molar-refractivity contribution in [2.75, 3.05) is 26.2 Å². The third-order valence-corrected chi connectivity index (χ3v) is 2.66. The highest BCUT2D eigenvalue weighted by atomic mass is 35.5. The average molecular weight is 243 g/mol. The summed E-state index contributed by atoms with van der Waals surface area (Å²) in [5.41, 5.74) is 5.63. The van der Waals surface area contributed by atoms with E-state index in [4.69, 9.17) is 5.73 Å². The number of hydrogen-bond donors (Lipinski definition) is 1. The van der Waals surface area contributed by atoms with E-state index in [1.165, 1.54) is 32.5 Å². The van der Waals surface area contributed by atoms with Crippen LogP contribution < -0.4 is 5.73 Å². The van der Waals surface area contributed by atoms with Crippen molar-refractivity contribution in [2.24, 2.45) is 17.6 Å². The van der Waals surface area contributed by atoms with Crippen LogP contribution in [0.25, 0.3) is 0 Å². The molecule has 1 saturated heterocycles. The Morgan fingerprint density at radius 1 is 1.21 bits per heavy atom. The van der Waals surface area contributed by atoms with Crippen molar-refractivity contribution >= 4 is 24.8 Å². The first kappa shape index (κ1) is 16.9. The highest BCUT2D eigenvalue weighted by molar-refractivity contribution is 5.85. The van der Waals surface area contributed by atoms with Gasteiger partial charge in [-0.15, -0.1) is 24.8 Å². The molecule has 0 atom stereocenters. The molecule has 1 aliphatic rings. The first-order chi connectivity index (χ1) is 5.72. The van der Waals surface area contributed by atoms with Crippen molar-refractivity contribution in [1.29, 1.82) is 0 Å². The van der Waals surface area contributed by atoms with Crippen LogP contribution in [-0.4, -0.2) is 31.1 Å². The van der Waals surface area contributed by atoms with Gasteiger partial charge in [0.1, 0.15) is 0 Å². The van der Waals surface area contributed by atoms with Gasteiger partial charge >= 0.3 is 0 Å². The summed E-state index contributed by atoms with van der Waals surface area (Å²) >= 11 is 0. The van der Waals surface area contributed by atoms with Gasteiger partial charge in [0.2, 0.25) is 0 Å². The van der Waals surface area contributed by atoms with Crippen molar-refractivity contribution in [3.05, 3.63) is 0 Å². The van der Waals surface area contributed by atoms with E-state index < -0.39 is 0 Å². The Hall–Kier alpha value is 0.500. The van der Waals surface area contributed by atoms with Gasteiger partial charge in [-0.2, -0.15) is 0 Å². The second-order valence-corrected chi connectivity index (χ2v) is 4.37. The van der Waals surface area contributed by atoms with Crippen molar-refractivity contribution in [1.82, 2.24) is 4.90 Å². The van der Waals surface area contributed by atoms with Crippen LogP contribution in [0.3, 0.4) is 0 Å². The zero-order chi connectivity index (χ0) is 8.97. The Morgan fingerprint density at radius 2 is 1.71 bits per heavy atom. The van der Waals surface area contributed by atoms with E-state index in [0.717, 1.165) is 18.4 Å². The predicted octanol–water partition coefficient (Wildman–Crippen LogP) is 2.16. The van der Waals surface area contributed by atoms with Crippen molar-refractivity contribution in [3.8, 4) is 0 Å². The van der Waals surface area contributed by atoms with Crippen molar-refractivity contribution in [2.45, 2.75) is 26.7 Å². The van der Waals surface area contributed by atoms with Crippen LogP contribution >= 0.6 is 24.8 Å². The van der Waals surface area contributed by atoms with E-state index >= 15 is 0 Å². The summed E-state index contributed by atoms with van der Waals surface area (Å²) < 4.78 is 0. The van der Waals surface area contributed by atoms with Gasteiger partial charge in [-0.05, 0) is 44.3 Å².